The molecule has 10 heteroatoms. The maximum Gasteiger partial charge on any atom is 0.254 e. The summed E-state index contributed by atoms with van der Waals surface area (Å²) in [6, 6.07) is 4.45. The summed E-state index contributed by atoms with van der Waals surface area (Å²) in [5, 5.41) is 13.1. The first-order chi connectivity index (χ1) is 15.8. The molecule has 2 amide bonds. The molecule has 0 unspecified atom stereocenters. The summed E-state index contributed by atoms with van der Waals surface area (Å²) in [7, 11) is 5.28. The van der Waals surface area contributed by atoms with Crippen molar-refractivity contribution in [3.63, 3.8) is 0 Å². The number of hydrogen-bond acceptors (Lipinski definition) is 6. The zero-order valence-corrected chi connectivity index (χ0v) is 18.6. The lowest BCUT2D eigenvalue weighted by Crippen LogP contribution is -2.23. The Morgan fingerprint density at radius 3 is 2.67 bits per heavy atom. The third kappa shape index (κ3) is 3.88. The molecule has 1 aliphatic carbocycles. The zero-order chi connectivity index (χ0) is 23.3. The number of benzene rings is 1. The Kier molecular flexibility index (Phi) is 4.99. The third-order valence-corrected chi connectivity index (χ3v) is 5.87. The lowest BCUT2D eigenvalue weighted by atomic mass is 9.99. The SMILES string of the molecule is CNC(=O)c1cnc(NC(=O)C2CC2)cc1Nc1cc(F)cc2c1N(C)Cc1cn(C)nc1-2. The van der Waals surface area contributed by atoms with E-state index in [0.29, 0.717) is 29.3 Å². The van der Waals surface area contributed by atoms with Crippen LogP contribution in [0.3, 0.4) is 0 Å². The van der Waals surface area contributed by atoms with Crippen LogP contribution in [0.4, 0.5) is 27.3 Å². The van der Waals surface area contributed by atoms with Gasteiger partial charge in [-0.25, -0.2) is 9.37 Å². The van der Waals surface area contributed by atoms with Crippen molar-refractivity contribution in [2.24, 2.45) is 13.0 Å². The van der Waals surface area contributed by atoms with Gasteiger partial charge in [0.05, 0.1) is 28.3 Å². The summed E-state index contributed by atoms with van der Waals surface area (Å²) in [5.74, 6) is -0.533. The van der Waals surface area contributed by atoms with E-state index in [1.165, 1.54) is 25.4 Å². The quantitative estimate of drug-likeness (QED) is 0.553. The van der Waals surface area contributed by atoms with Gasteiger partial charge >= 0.3 is 0 Å². The maximum atomic E-state index is 14.7. The molecule has 2 aliphatic rings. The molecule has 5 rings (SSSR count). The number of anilines is 4. The smallest absolute Gasteiger partial charge is 0.254 e. The van der Waals surface area contributed by atoms with Gasteiger partial charge in [-0.2, -0.15) is 5.10 Å². The summed E-state index contributed by atoms with van der Waals surface area (Å²) in [5.41, 5.74) is 4.33. The number of halogens is 1. The van der Waals surface area contributed by atoms with E-state index in [1.807, 2.05) is 25.2 Å². The number of amides is 2. The van der Waals surface area contributed by atoms with E-state index in [0.717, 1.165) is 29.8 Å². The van der Waals surface area contributed by atoms with E-state index in [4.69, 9.17) is 0 Å². The van der Waals surface area contributed by atoms with Crippen LogP contribution in [0.15, 0.2) is 30.6 Å². The molecule has 2 aromatic heterocycles. The van der Waals surface area contributed by atoms with E-state index < -0.39 is 5.82 Å². The maximum absolute atomic E-state index is 14.7. The van der Waals surface area contributed by atoms with Crippen LogP contribution in [-0.4, -0.2) is 40.7 Å². The van der Waals surface area contributed by atoms with E-state index in [2.05, 4.69) is 26.0 Å². The molecule has 1 aliphatic heterocycles. The van der Waals surface area contributed by atoms with Gasteiger partial charge in [-0.1, -0.05) is 0 Å². The first kappa shape index (κ1) is 20.9. The first-order valence-corrected chi connectivity index (χ1v) is 10.7. The molecule has 0 spiro atoms. The van der Waals surface area contributed by atoms with E-state index in [-0.39, 0.29) is 23.3 Å². The van der Waals surface area contributed by atoms with Crippen LogP contribution < -0.4 is 20.9 Å². The second-order valence-electron chi connectivity index (χ2n) is 8.46. The Morgan fingerprint density at radius 2 is 1.94 bits per heavy atom. The lowest BCUT2D eigenvalue weighted by Gasteiger charge is -2.30. The van der Waals surface area contributed by atoms with Gasteiger partial charge in [0.25, 0.3) is 5.91 Å². The Labute approximate surface area is 190 Å². The fourth-order valence-corrected chi connectivity index (χ4v) is 4.16. The minimum atomic E-state index is -0.430. The average Bonchev–Trinajstić information content (AvgIpc) is 3.55. The molecular formula is C23H24FN7O2. The summed E-state index contributed by atoms with van der Waals surface area (Å²) in [6.45, 7) is 0.609. The largest absolute Gasteiger partial charge is 0.368 e. The van der Waals surface area contributed by atoms with Gasteiger partial charge in [0.1, 0.15) is 11.6 Å². The fourth-order valence-electron chi connectivity index (χ4n) is 4.16. The monoisotopic (exact) mass is 449 g/mol. The molecule has 0 bridgehead atoms. The molecule has 3 aromatic rings. The molecular weight excluding hydrogens is 425 g/mol. The minimum Gasteiger partial charge on any atom is -0.368 e. The molecule has 0 radical (unpaired) electrons. The standard InChI is InChI=1S/C23H24FN7O2/c1-25-23(33)16-9-26-19(28-22(32)12-4-5-12)8-17(16)27-18-7-14(24)6-15-20-13(11-31(3)29-20)10-30(2)21(15)18/h6-9,11-12H,4-5,10H2,1-3H3,(H,25,33)(H2,26,27,28,32). The van der Waals surface area contributed by atoms with Crippen LogP contribution in [0.5, 0.6) is 0 Å². The summed E-state index contributed by atoms with van der Waals surface area (Å²) >= 11 is 0. The Balaban J connectivity index is 1.58. The Bertz CT molecular complexity index is 1280. The molecule has 33 heavy (non-hydrogen) atoms. The average molecular weight is 449 g/mol. The molecule has 9 nitrogen and oxygen atoms in total. The topological polar surface area (TPSA) is 104 Å². The number of aryl methyl sites for hydroxylation is 1. The van der Waals surface area contributed by atoms with E-state index in [1.54, 1.807) is 10.7 Å². The van der Waals surface area contributed by atoms with Gasteiger partial charge in [-0.05, 0) is 25.0 Å². The van der Waals surface area contributed by atoms with E-state index in [9.17, 15) is 14.0 Å². The lowest BCUT2D eigenvalue weighted by molar-refractivity contribution is -0.117. The molecule has 1 saturated carbocycles. The molecule has 1 fully saturated rings. The number of nitrogens with one attached hydrogen (secondary N) is 3. The van der Waals surface area contributed by atoms with Crippen molar-refractivity contribution in [3.8, 4) is 11.3 Å². The van der Waals surface area contributed by atoms with Crippen molar-refractivity contribution >= 4 is 34.7 Å². The number of fused-ring (bicyclic) bond motifs is 3. The number of rotatable bonds is 5. The van der Waals surface area contributed by atoms with E-state index >= 15 is 0 Å². The third-order valence-electron chi connectivity index (χ3n) is 5.87. The van der Waals surface area contributed by atoms with Crippen molar-refractivity contribution in [3.05, 3.63) is 47.5 Å². The number of hydrogen-bond donors (Lipinski definition) is 3. The van der Waals surface area contributed by atoms with Gasteiger partial charge < -0.3 is 20.9 Å². The van der Waals surface area contributed by atoms with Crippen LogP contribution in [0.25, 0.3) is 11.3 Å². The Morgan fingerprint density at radius 1 is 1.15 bits per heavy atom. The highest BCUT2D eigenvalue weighted by molar-refractivity contribution is 6.02. The predicted octanol–water partition coefficient (Wildman–Crippen LogP) is 3.02. The summed E-state index contributed by atoms with van der Waals surface area (Å²) in [4.78, 5) is 30.9. The highest BCUT2D eigenvalue weighted by Gasteiger charge is 2.30. The fraction of sp³-hybridized carbons (Fsp3) is 0.304. The summed E-state index contributed by atoms with van der Waals surface area (Å²) in [6.07, 6.45) is 5.05. The Hall–Kier alpha value is -3.95. The van der Waals surface area contributed by atoms with Crippen LogP contribution in [0.1, 0.15) is 28.8 Å². The second-order valence-corrected chi connectivity index (χ2v) is 8.46. The normalized spacial score (nSPS) is 14.4. The van der Waals surface area contributed by atoms with Gasteiger partial charge in [0, 0.05) is 63.2 Å². The van der Waals surface area contributed by atoms with Crippen molar-refractivity contribution in [2.45, 2.75) is 19.4 Å². The molecule has 170 valence electrons. The number of carbonyl (C=O) groups excluding carboxylic acids is 2. The van der Waals surface area contributed by atoms with Crippen LogP contribution in [0, 0.1) is 11.7 Å². The number of pyridine rings is 1. The van der Waals surface area contributed by atoms with Crippen molar-refractivity contribution in [1.82, 2.24) is 20.1 Å². The van der Waals surface area contributed by atoms with Crippen molar-refractivity contribution < 1.29 is 14.0 Å². The van der Waals surface area contributed by atoms with Crippen LogP contribution in [0.2, 0.25) is 0 Å². The summed E-state index contributed by atoms with van der Waals surface area (Å²) < 4.78 is 16.4. The van der Waals surface area contributed by atoms with Gasteiger partial charge in [0.2, 0.25) is 5.91 Å². The van der Waals surface area contributed by atoms with Gasteiger partial charge in [0.15, 0.2) is 0 Å². The molecule has 3 N–H and O–H groups in total. The molecule has 3 heterocycles. The van der Waals surface area contributed by atoms with Crippen molar-refractivity contribution in [1.29, 1.82) is 0 Å². The van der Waals surface area contributed by atoms with Crippen LogP contribution in [-0.2, 0) is 18.4 Å². The first-order valence-electron chi connectivity index (χ1n) is 10.7. The number of nitrogens with zero attached hydrogens (tertiary/aromatic N) is 4. The van der Waals surface area contributed by atoms with Crippen LogP contribution >= 0.6 is 0 Å². The predicted molar refractivity (Wildman–Crippen MR) is 123 cm³/mol. The molecule has 0 atom stereocenters. The molecule has 0 saturated heterocycles. The highest BCUT2D eigenvalue weighted by Crippen LogP contribution is 2.44. The zero-order valence-electron chi connectivity index (χ0n) is 18.6. The minimum absolute atomic E-state index is 0.0123. The van der Waals surface area contributed by atoms with Crippen molar-refractivity contribution in [2.75, 3.05) is 29.6 Å². The second kappa shape index (κ2) is 7.88. The number of aromatic nitrogens is 3. The molecule has 1 aromatic carbocycles. The highest BCUT2D eigenvalue weighted by atomic mass is 19.1. The number of carbonyl (C=O) groups is 2. The van der Waals surface area contributed by atoms with Gasteiger partial charge in [-0.3, -0.25) is 14.3 Å². The van der Waals surface area contributed by atoms with Gasteiger partial charge in [-0.15, -0.1) is 0 Å².